The fourth-order valence-corrected chi connectivity index (χ4v) is 6.67. The van der Waals surface area contributed by atoms with E-state index in [4.69, 9.17) is 19.0 Å². The van der Waals surface area contributed by atoms with Gasteiger partial charge in [-0.1, -0.05) is 13.8 Å². The molecule has 0 radical (unpaired) electrons. The first-order chi connectivity index (χ1) is 16.4. The Morgan fingerprint density at radius 3 is 2.37 bits per heavy atom. The highest BCUT2D eigenvalue weighted by Gasteiger charge is 2.29. The van der Waals surface area contributed by atoms with E-state index in [1.165, 1.54) is 28.8 Å². The van der Waals surface area contributed by atoms with Crippen molar-refractivity contribution in [2.24, 2.45) is 11.8 Å². The van der Waals surface area contributed by atoms with Gasteiger partial charge in [0.05, 0.1) is 38.9 Å². The smallest absolute Gasteiger partial charge is 0.264 e. The molecule has 0 spiro atoms. The zero-order valence-corrected chi connectivity index (χ0v) is 22.7. The second-order valence-corrected chi connectivity index (χ2v) is 13.4. The summed E-state index contributed by atoms with van der Waals surface area (Å²) in [5, 5.41) is 0. The molecule has 1 saturated heterocycles. The van der Waals surface area contributed by atoms with Crippen molar-refractivity contribution in [3.8, 4) is 11.5 Å². The molecule has 1 fully saturated rings. The van der Waals surface area contributed by atoms with Gasteiger partial charge in [-0.05, 0) is 73.6 Å². The monoisotopic (exact) mass is 524 g/mol. The van der Waals surface area contributed by atoms with E-state index < -0.39 is 19.8 Å². The molecular weight excluding hydrogens is 488 g/mol. The maximum Gasteiger partial charge on any atom is 0.264 e. The highest BCUT2D eigenvalue weighted by molar-refractivity contribution is 7.93. The molecule has 0 aromatic heterocycles. The number of sulfonamides is 1. The Morgan fingerprint density at radius 1 is 1.11 bits per heavy atom. The molecular formula is C25H36N2O6S2. The van der Waals surface area contributed by atoms with Crippen LogP contribution < -0.4 is 13.8 Å². The lowest BCUT2D eigenvalue weighted by atomic mass is 10.0. The molecule has 1 atom stereocenters. The molecule has 0 saturated carbocycles. The van der Waals surface area contributed by atoms with Crippen molar-refractivity contribution in [2.45, 2.75) is 43.4 Å². The van der Waals surface area contributed by atoms with Crippen LogP contribution in [-0.4, -0.2) is 52.4 Å². The predicted octanol–water partition coefficient (Wildman–Crippen LogP) is 4.70. The fourth-order valence-electron chi connectivity index (χ4n) is 4.01. The van der Waals surface area contributed by atoms with E-state index in [1.54, 1.807) is 25.3 Å². The normalized spacial score (nSPS) is 16.6. The Morgan fingerprint density at radius 2 is 1.80 bits per heavy atom. The van der Waals surface area contributed by atoms with Crippen LogP contribution in [0.1, 0.15) is 32.3 Å². The van der Waals surface area contributed by atoms with Crippen LogP contribution in [0.2, 0.25) is 0 Å². The molecule has 2 aromatic carbocycles. The summed E-state index contributed by atoms with van der Waals surface area (Å²) in [6.45, 7) is 7.75. The van der Waals surface area contributed by atoms with Gasteiger partial charge >= 0.3 is 0 Å². The molecule has 194 valence electrons. The molecule has 0 amide bonds. The summed E-state index contributed by atoms with van der Waals surface area (Å²) >= 11 is 0. The summed E-state index contributed by atoms with van der Waals surface area (Å²) in [6.07, 6.45) is 3.02. The SMILES string of the molecule is COc1ccc(N(CC(C)C)S(=O)(=O)c2ccc(OCC3CCOCC3)c(S(C)(=N)=O)c2)c(C)c1. The first-order valence-electron chi connectivity index (χ1n) is 11.7. The molecule has 35 heavy (non-hydrogen) atoms. The minimum absolute atomic E-state index is 0.0244. The first-order valence-corrected chi connectivity index (χ1v) is 15.1. The van der Waals surface area contributed by atoms with Crippen molar-refractivity contribution in [2.75, 3.05) is 44.0 Å². The van der Waals surface area contributed by atoms with Gasteiger partial charge in [0, 0.05) is 26.0 Å². The number of aryl methyl sites for hydroxylation is 1. The lowest BCUT2D eigenvalue weighted by molar-refractivity contribution is 0.0493. The molecule has 10 heteroatoms. The van der Waals surface area contributed by atoms with E-state index in [0.29, 0.717) is 37.2 Å². The maximum absolute atomic E-state index is 13.9. The molecule has 0 bridgehead atoms. The standard InChI is InChI=1S/C25H36N2O6S2/c1-18(2)16-27(23-8-6-21(31-4)14-19(23)3)35(29,30)22-7-9-24(25(15-22)34(5,26)28)33-17-20-10-12-32-13-11-20/h6-9,14-15,18,20,26H,10-13,16-17H2,1-5H3. The van der Waals surface area contributed by atoms with Gasteiger partial charge < -0.3 is 14.2 Å². The minimum Gasteiger partial charge on any atom is -0.497 e. The summed E-state index contributed by atoms with van der Waals surface area (Å²) < 4.78 is 66.7. The molecule has 1 aliphatic heterocycles. The number of nitrogens with zero attached hydrogens (tertiary/aromatic N) is 1. The van der Waals surface area contributed by atoms with Crippen molar-refractivity contribution in [3.63, 3.8) is 0 Å². The van der Waals surface area contributed by atoms with Crippen LogP contribution in [0.4, 0.5) is 5.69 Å². The average molecular weight is 525 g/mol. The molecule has 1 aliphatic rings. The minimum atomic E-state index is -4.01. The summed E-state index contributed by atoms with van der Waals surface area (Å²) in [6, 6.07) is 9.57. The molecule has 0 aliphatic carbocycles. The Hall–Kier alpha value is -2.30. The van der Waals surface area contributed by atoms with E-state index in [2.05, 4.69) is 0 Å². The third-order valence-corrected chi connectivity index (χ3v) is 8.88. The van der Waals surface area contributed by atoms with Crippen molar-refractivity contribution in [1.82, 2.24) is 0 Å². The molecule has 1 heterocycles. The highest BCUT2D eigenvalue weighted by atomic mass is 32.2. The van der Waals surface area contributed by atoms with Crippen molar-refractivity contribution in [1.29, 1.82) is 4.78 Å². The average Bonchev–Trinajstić information content (AvgIpc) is 2.81. The van der Waals surface area contributed by atoms with Crippen LogP contribution in [-0.2, 0) is 24.5 Å². The Labute approximate surface area is 209 Å². The van der Waals surface area contributed by atoms with Gasteiger partial charge in [0.25, 0.3) is 10.0 Å². The zero-order chi connectivity index (χ0) is 25.8. The van der Waals surface area contributed by atoms with Gasteiger partial charge in [-0.15, -0.1) is 0 Å². The van der Waals surface area contributed by atoms with Gasteiger partial charge in [-0.2, -0.15) is 0 Å². The third-order valence-electron chi connectivity index (χ3n) is 5.94. The van der Waals surface area contributed by atoms with Crippen LogP contribution in [0.3, 0.4) is 0 Å². The lowest BCUT2D eigenvalue weighted by Crippen LogP contribution is -2.35. The largest absolute Gasteiger partial charge is 0.497 e. The lowest BCUT2D eigenvalue weighted by Gasteiger charge is -2.28. The van der Waals surface area contributed by atoms with Gasteiger partial charge in [-0.3, -0.25) is 4.31 Å². The van der Waals surface area contributed by atoms with Gasteiger partial charge in [0.2, 0.25) is 0 Å². The molecule has 1 N–H and O–H groups in total. The number of methoxy groups -OCH3 is 1. The van der Waals surface area contributed by atoms with E-state index in [-0.39, 0.29) is 28.0 Å². The Bertz CT molecular complexity index is 1240. The molecule has 8 nitrogen and oxygen atoms in total. The van der Waals surface area contributed by atoms with Crippen molar-refractivity contribution in [3.05, 3.63) is 42.0 Å². The van der Waals surface area contributed by atoms with E-state index in [1.807, 2.05) is 20.8 Å². The third kappa shape index (κ3) is 6.68. The molecule has 1 unspecified atom stereocenters. The Balaban J connectivity index is 2.01. The van der Waals surface area contributed by atoms with Crippen LogP contribution >= 0.6 is 0 Å². The van der Waals surface area contributed by atoms with E-state index >= 15 is 0 Å². The highest BCUT2D eigenvalue weighted by Crippen LogP contribution is 2.34. The van der Waals surface area contributed by atoms with Crippen molar-refractivity contribution < 1.29 is 26.8 Å². The summed E-state index contributed by atoms with van der Waals surface area (Å²) in [4.78, 5) is 0.0604. The van der Waals surface area contributed by atoms with Crippen LogP contribution in [0.5, 0.6) is 11.5 Å². The van der Waals surface area contributed by atoms with Gasteiger partial charge in [0.15, 0.2) is 0 Å². The summed E-state index contributed by atoms with van der Waals surface area (Å²) in [7, 11) is -5.70. The van der Waals surface area contributed by atoms with Crippen LogP contribution in [0.25, 0.3) is 0 Å². The zero-order valence-electron chi connectivity index (χ0n) is 21.1. The number of ether oxygens (including phenoxy) is 3. The summed E-state index contributed by atoms with van der Waals surface area (Å²) in [5.41, 5.74) is 1.30. The second-order valence-electron chi connectivity index (χ2n) is 9.40. The topological polar surface area (TPSA) is 106 Å². The number of hydrogen-bond donors (Lipinski definition) is 1. The predicted molar refractivity (Wildman–Crippen MR) is 138 cm³/mol. The van der Waals surface area contributed by atoms with Crippen molar-refractivity contribution >= 4 is 25.4 Å². The Kier molecular flexibility index (Phi) is 8.72. The number of hydrogen-bond acceptors (Lipinski definition) is 7. The fraction of sp³-hybridized carbons (Fsp3) is 0.520. The molecule has 2 aromatic rings. The number of nitrogens with one attached hydrogen (secondary N) is 1. The number of anilines is 1. The van der Waals surface area contributed by atoms with Crippen LogP contribution in [0.15, 0.2) is 46.2 Å². The van der Waals surface area contributed by atoms with Crippen LogP contribution in [0, 0.1) is 23.5 Å². The summed E-state index contributed by atoms with van der Waals surface area (Å²) in [5.74, 6) is 1.29. The van der Waals surface area contributed by atoms with Gasteiger partial charge in [-0.25, -0.2) is 17.4 Å². The second kappa shape index (κ2) is 11.2. The number of rotatable bonds is 10. The maximum atomic E-state index is 13.9. The van der Waals surface area contributed by atoms with E-state index in [0.717, 1.165) is 18.4 Å². The first kappa shape index (κ1) is 27.3. The quantitative estimate of drug-likeness (QED) is 0.483. The number of benzene rings is 2. The molecule has 3 rings (SSSR count). The van der Waals surface area contributed by atoms with E-state index in [9.17, 15) is 12.6 Å². The van der Waals surface area contributed by atoms with Gasteiger partial charge in [0.1, 0.15) is 11.5 Å².